The van der Waals surface area contributed by atoms with Crippen LogP contribution in [-0.2, 0) is 37.5 Å². The maximum Gasteiger partial charge on any atom is 0.324 e. The van der Waals surface area contributed by atoms with E-state index in [1.165, 1.54) is 24.3 Å². The Hall–Kier alpha value is -1.88. The molecule has 0 aliphatic carbocycles. The van der Waals surface area contributed by atoms with E-state index in [1.807, 2.05) is 0 Å². The first-order valence-corrected chi connectivity index (χ1v) is 11.6. The quantitative estimate of drug-likeness (QED) is 0.646. The molecule has 1 N–H and O–H groups in total. The number of aliphatic hydroxyl groups is 1. The Morgan fingerprint density at radius 3 is 2.68 bits per heavy atom. The van der Waals surface area contributed by atoms with Gasteiger partial charge in [0.1, 0.15) is 18.4 Å². The smallest absolute Gasteiger partial charge is 0.324 e. The minimum Gasteiger partial charge on any atom is -0.467 e. The van der Waals surface area contributed by atoms with Crippen LogP contribution in [0.1, 0.15) is 17.5 Å². The summed E-state index contributed by atoms with van der Waals surface area (Å²) >= 11 is 12.0. The molecule has 1 saturated heterocycles. The zero-order chi connectivity index (χ0) is 22.2. The summed E-state index contributed by atoms with van der Waals surface area (Å²) in [5, 5.41) is 10.9. The molecule has 2 aliphatic heterocycles. The van der Waals surface area contributed by atoms with E-state index in [-0.39, 0.29) is 31.3 Å². The molecular weight excluding hydrogens is 469 g/mol. The Balaban J connectivity index is 1.53. The number of aliphatic hydroxyl groups excluding tert-OH is 1. The maximum atomic E-state index is 13.0. The van der Waals surface area contributed by atoms with Gasteiger partial charge in [-0.1, -0.05) is 23.2 Å². The second-order valence-corrected chi connectivity index (χ2v) is 9.97. The molecule has 0 radical (unpaired) electrons. The number of esters is 1. The number of β-amino-alcohol motifs (C(OH)–C–C–N with tert-alkyl or cyclic N) is 1. The number of rotatable bonds is 5. The van der Waals surface area contributed by atoms with Crippen LogP contribution < -0.4 is 4.74 Å². The van der Waals surface area contributed by atoms with Gasteiger partial charge in [-0.15, -0.1) is 0 Å². The van der Waals surface area contributed by atoms with Crippen molar-refractivity contribution in [2.45, 2.75) is 36.7 Å². The van der Waals surface area contributed by atoms with Crippen LogP contribution in [0.5, 0.6) is 5.75 Å². The Morgan fingerprint density at radius 1 is 1.19 bits per heavy atom. The Morgan fingerprint density at radius 2 is 1.94 bits per heavy atom. The van der Waals surface area contributed by atoms with Crippen LogP contribution in [0.4, 0.5) is 0 Å². The predicted molar refractivity (Wildman–Crippen MR) is 111 cm³/mol. The summed E-state index contributed by atoms with van der Waals surface area (Å²) in [6, 6.07) is 7.75. The summed E-state index contributed by atoms with van der Waals surface area (Å²) in [5.41, 5.74) is 1.28. The van der Waals surface area contributed by atoms with Crippen molar-refractivity contribution < 1.29 is 32.5 Å². The van der Waals surface area contributed by atoms with Crippen LogP contribution in [0.3, 0.4) is 0 Å². The Labute approximate surface area is 189 Å². The molecule has 0 saturated carbocycles. The molecule has 2 aliphatic rings. The number of hydrogen-bond donors (Lipinski definition) is 1. The third-order valence-corrected chi connectivity index (χ3v) is 7.41. The van der Waals surface area contributed by atoms with Gasteiger partial charge in [-0.3, -0.25) is 4.79 Å². The molecule has 11 heteroatoms. The molecule has 0 bridgehead atoms. The number of halogens is 2. The highest BCUT2D eigenvalue weighted by Crippen LogP contribution is 2.33. The topological polar surface area (TPSA) is 102 Å². The molecule has 1 fully saturated rings. The highest BCUT2D eigenvalue weighted by Gasteiger charge is 2.44. The second-order valence-electron chi connectivity index (χ2n) is 7.21. The zero-order valence-electron chi connectivity index (χ0n) is 16.2. The van der Waals surface area contributed by atoms with Gasteiger partial charge in [-0.25, -0.2) is 8.42 Å². The van der Waals surface area contributed by atoms with E-state index in [4.69, 9.17) is 37.4 Å². The summed E-state index contributed by atoms with van der Waals surface area (Å²) in [4.78, 5) is 12.8. The first kappa shape index (κ1) is 22.3. The number of nitrogens with zero attached hydrogens (tertiary/aromatic N) is 1. The van der Waals surface area contributed by atoms with Gasteiger partial charge >= 0.3 is 5.97 Å². The van der Waals surface area contributed by atoms with E-state index in [9.17, 15) is 18.3 Å². The fraction of sp³-hybridized carbons (Fsp3) is 0.350. The molecule has 2 aromatic carbocycles. The van der Waals surface area contributed by atoms with E-state index < -0.39 is 28.1 Å². The van der Waals surface area contributed by atoms with E-state index >= 15 is 0 Å². The van der Waals surface area contributed by atoms with Crippen LogP contribution in [-0.4, -0.2) is 49.3 Å². The minimum atomic E-state index is -4.04. The number of fused-ring (bicyclic) bond motifs is 1. The lowest BCUT2D eigenvalue weighted by molar-refractivity contribution is -0.149. The molecule has 8 nitrogen and oxygen atoms in total. The number of carbonyl (C=O) groups is 1. The van der Waals surface area contributed by atoms with Crippen molar-refractivity contribution in [3.63, 3.8) is 0 Å². The number of benzene rings is 2. The fourth-order valence-corrected chi connectivity index (χ4v) is 5.63. The number of carbonyl (C=O) groups excluding carboxylic acids is 1. The largest absolute Gasteiger partial charge is 0.467 e. The normalized spacial score (nSPS) is 21.4. The second kappa shape index (κ2) is 8.93. The lowest BCUT2D eigenvalue weighted by Gasteiger charge is -2.24. The van der Waals surface area contributed by atoms with Gasteiger partial charge in [0.15, 0.2) is 6.79 Å². The summed E-state index contributed by atoms with van der Waals surface area (Å²) in [7, 11) is -4.04. The Bertz CT molecular complexity index is 1090. The average molecular weight is 488 g/mol. The zero-order valence-corrected chi connectivity index (χ0v) is 18.5. The number of ether oxygens (including phenoxy) is 3. The summed E-state index contributed by atoms with van der Waals surface area (Å²) in [6.07, 6.45) is -1.05. The van der Waals surface area contributed by atoms with Crippen LogP contribution >= 0.6 is 23.2 Å². The first-order valence-electron chi connectivity index (χ1n) is 9.39. The lowest BCUT2D eigenvalue weighted by atomic mass is 10.1. The summed E-state index contributed by atoms with van der Waals surface area (Å²) in [6.45, 7) is 0.0111. The fourth-order valence-electron chi connectivity index (χ4n) is 3.62. The molecule has 0 aromatic heterocycles. The average Bonchev–Trinajstić information content (AvgIpc) is 3.14. The van der Waals surface area contributed by atoms with Crippen LogP contribution in [0.25, 0.3) is 0 Å². The lowest BCUT2D eigenvalue weighted by Crippen LogP contribution is -2.41. The monoisotopic (exact) mass is 487 g/mol. The van der Waals surface area contributed by atoms with Gasteiger partial charge in [0, 0.05) is 34.1 Å². The van der Waals surface area contributed by atoms with Crippen molar-refractivity contribution in [1.82, 2.24) is 4.31 Å². The molecule has 0 amide bonds. The standard InChI is InChI=1S/C20H19Cl2NO7S/c21-14-1-3-17(4-2-14)31(26,27)23-8-16(24)7-18(23)20(25)29-10-13-6-15(22)5-12-9-28-11-30-19(12)13/h1-6,16,18,24H,7-11H2/t16-,18+/m1/s1. The van der Waals surface area contributed by atoms with Crippen LogP contribution in [0, 0.1) is 0 Å². The van der Waals surface area contributed by atoms with Crippen molar-refractivity contribution in [1.29, 1.82) is 0 Å². The molecule has 0 spiro atoms. The summed E-state index contributed by atoms with van der Waals surface area (Å²) in [5.74, 6) is -0.240. The maximum absolute atomic E-state index is 13.0. The van der Waals surface area contributed by atoms with Crippen molar-refractivity contribution in [2.24, 2.45) is 0 Å². The van der Waals surface area contributed by atoms with Gasteiger partial charge in [-0.05, 0) is 36.4 Å². The van der Waals surface area contributed by atoms with Crippen molar-refractivity contribution in [3.05, 3.63) is 57.6 Å². The van der Waals surface area contributed by atoms with Gasteiger partial charge in [-0.2, -0.15) is 4.31 Å². The van der Waals surface area contributed by atoms with Gasteiger partial charge < -0.3 is 19.3 Å². The van der Waals surface area contributed by atoms with Crippen molar-refractivity contribution in [2.75, 3.05) is 13.3 Å². The van der Waals surface area contributed by atoms with Crippen molar-refractivity contribution in [3.8, 4) is 5.75 Å². The number of sulfonamides is 1. The van der Waals surface area contributed by atoms with E-state index in [1.54, 1.807) is 12.1 Å². The van der Waals surface area contributed by atoms with Gasteiger partial charge in [0.05, 0.1) is 17.6 Å². The SMILES string of the molecule is O=C(OCc1cc(Cl)cc2c1OCOC2)[C@@H]1C[C@@H](O)CN1S(=O)(=O)c1ccc(Cl)cc1. The van der Waals surface area contributed by atoms with Gasteiger partial charge in [0.25, 0.3) is 0 Å². The molecule has 31 heavy (non-hydrogen) atoms. The van der Waals surface area contributed by atoms with Gasteiger partial charge in [0.2, 0.25) is 10.0 Å². The van der Waals surface area contributed by atoms with Crippen LogP contribution in [0.2, 0.25) is 10.0 Å². The van der Waals surface area contributed by atoms with E-state index in [2.05, 4.69) is 0 Å². The van der Waals surface area contributed by atoms with Crippen LogP contribution in [0.15, 0.2) is 41.3 Å². The highest BCUT2D eigenvalue weighted by molar-refractivity contribution is 7.89. The van der Waals surface area contributed by atoms with E-state index in [0.29, 0.717) is 28.0 Å². The molecule has 2 atom stereocenters. The molecule has 2 heterocycles. The van der Waals surface area contributed by atoms with E-state index in [0.717, 1.165) is 9.87 Å². The third-order valence-electron chi connectivity index (χ3n) is 5.05. The first-order chi connectivity index (χ1) is 14.8. The predicted octanol–water partition coefficient (Wildman–Crippen LogP) is 2.73. The Kier molecular flexibility index (Phi) is 6.43. The highest BCUT2D eigenvalue weighted by atomic mass is 35.5. The summed E-state index contributed by atoms with van der Waals surface area (Å²) < 4.78 is 43.1. The molecular formula is C20H19Cl2NO7S. The third kappa shape index (κ3) is 4.67. The molecule has 0 unspecified atom stereocenters. The minimum absolute atomic E-state index is 0.0267. The number of hydrogen-bond acceptors (Lipinski definition) is 7. The molecule has 166 valence electrons. The van der Waals surface area contributed by atoms with Crippen molar-refractivity contribution >= 4 is 39.2 Å². The molecule has 2 aromatic rings. The molecule has 4 rings (SSSR count).